The van der Waals surface area contributed by atoms with Gasteiger partial charge < -0.3 is 14.2 Å². The molecule has 2 heterocycles. The zero-order valence-corrected chi connectivity index (χ0v) is 11.2. The van der Waals surface area contributed by atoms with E-state index in [-0.39, 0.29) is 5.22 Å². The van der Waals surface area contributed by atoms with Crippen LogP contribution in [0.5, 0.6) is 0 Å². The third kappa shape index (κ3) is 3.34. The third-order valence-corrected chi connectivity index (χ3v) is 2.73. The summed E-state index contributed by atoms with van der Waals surface area (Å²) in [6.45, 7) is 5.17. The van der Waals surface area contributed by atoms with E-state index >= 15 is 0 Å². The van der Waals surface area contributed by atoms with Crippen LogP contribution >= 0.6 is 11.6 Å². The summed E-state index contributed by atoms with van der Waals surface area (Å²) in [6.07, 6.45) is 3.20. The molecule has 18 heavy (non-hydrogen) atoms. The minimum absolute atomic E-state index is 0.270. The SMILES string of the molecule is CC(C)NCCCc1nnc(-c2ccoc2Cl)o1. The molecule has 0 saturated carbocycles. The van der Waals surface area contributed by atoms with Crippen LogP contribution in [0.4, 0.5) is 0 Å². The van der Waals surface area contributed by atoms with Crippen molar-refractivity contribution in [3.05, 3.63) is 23.4 Å². The zero-order chi connectivity index (χ0) is 13.0. The van der Waals surface area contributed by atoms with Gasteiger partial charge in [-0.3, -0.25) is 0 Å². The van der Waals surface area contributed by atoms with Crippen LogP contribution in [0, 0.1) is 0 Å². The summed E-state index contributed by atoms with van der Waals surface area (Å²) in [7, 11) is 0. The smallest absolute Gasteiger partial charge is 0.252 e. The number of nitrogens with one attached hydrogen (secondary N) is 1. The van der Waals surface area contributed by atoms with E-state index in [4.69, 9.17) is 20.4 Å². The zero-order valence-electron chi connectivity index (χ0n) is 10.4. The topological polar surface area (TPSA) is 64.1 Å². The highest BCUT2D eigenvalue weighted by atomic mass is 35.5. The highest BCUT2D eigenvalue weighted by Gasteiger charge is 2.13. The molecule has 2 aromatic rings. The van der Waals surface area contributed by atoms with Crippen molar-refractivity contribution in [2.45, 2.75) is 32.7 Å². The molecule has 0 saturated heterocycles. The van der Waals surface area contributed by atoms with Crippen LogP contribution in [0.2, 0.25) is 5.22 Å². The Balaban J connectivity index is 1.89. The summed E-state index contributed by atoms with van der Waals surface area (Å²) in [4.78, 5) is 0. The minimum atomic E-state index is 0.270. The number of halogens is 1. The highest BCUT2D eigenvalue weighted by molar-refractivity contribution is 6.31. The van der Waals surface area contributed by atoms with Gasteiger partial charge in [0.2, 0.25) is 11.1 Å². The van der Waals surface area contributed by atoms with Crippen LogP contribution in [-0.2, 0) is 6.42 Å². The Hall–Kier alpha value is -1.33. The second-order valence-electron chi connectivity index (χ2n) is 4.32. The Bertz CT molecular complexity index is 493. The number of hydrogen-bond acceptors (Lipinski definition) is 5. The molecule has 2 rings (SSSR count). The fraction of sp³-hybridized carbons (Fsp3) is 0.500. The maximum absolute atomic E-state index is 5.84. The van der Waals surface area contributed by atoms with Gasteiger partial charge >= 0.3 is 0 Å². The van der Waals surface area contributed by atoms with Gasteiger partial charge in [0.15, 0.2) is 0 Å². The lowest BCUT2D eigenvalue weighted by Gasteiger charge is -2.05. The van der Waals surface area contributed by atoms with Crippen LogP contribution in [0.15, 0.2) is 21.2 Å². The third-order valence-electron chi connectivity index (χ3n) is 2.44. The quantitative estimate of drug-likeness (QED) is 0.817. The van der Waals surface area contributed by atoms with Crippen molar-refractivity contribution in [3.63, 3.8) is 0 Å². The van der Waals surface area contributed by atoms with Crippen molar-refractivity contribution in [1.29, 1.82) is 0 Å². The Labute approximate surface area is 111 Å². The summed E-state index contributed by atoms with van der Waals surface area (Å²) in [6, 6.07) is 2.20. The Morgan fingerprint density at radius 2 is 2.22 bits per heavy atom. The molecule has 5 nitrogen and oxygen atoms in total. The number of aromatic nitrogens is 2. The molecule has 0 unspecified atom stereocenters. The first-order chi connectivity index (χ1) is 8.66. The molecule has 1 N–H and O–H groups in total. The molecule has 0 amide bonds. The van der Waals surface area contributed by atoms with Gasteiger partial charge in [0.1, 0.15) is 0 Å². The van der Waals surface area contributed by atoms with Crippen molar-refractivity contribution in [2.75, 3.05) is 6.54 Å². The normalized spacial score (nSPS) is 11.3. The first-order valence-corrected chi connectivity index (χ1v) is 6.33. The molecule has 98 valence electrons. The van der Waals surface area contributed by atoms with Crippen molar-refractivity contribution in [2.24, 2.45) is 0 Å². The van der Waals surface area contributed by atoms with E-state index in [0.717, 1.165) is 19.4 Å². The molecule has 6 heteroatoms. The van der Waals surface area contributed by atoms with Gasteiger partial charge in [-0.15, -0.1) is 10.2 Å². The Morgan fingerprint density at radius 3 is 2.89 bits per heavy atom. The molecule has 2 aromatic heterocycles. The number of aryl methyl sites for hydroxylation is 1. The van der Waals surface area contributed by atoms with Gasteiger partial charge in [0, 0.05) is 12.5 Å². The monoisotopic (exact) mass is 269 g/mol. The Morgan fingerprint density at radius 1 is 1.39 bits per heavy atom. The average Bonchev–Trinajstić information content (AvgIpc) is 2.92. The molecule has 0 aliphatic carbocycles. The summed E-state index contributed by atoms with van der Waals surface area (Å²) in [5.41, 5.74) is 0.635. The Kier molecular flexibility index (Phi) is 4.38. The maximum Gasteiger partial charge on any atom is 0.252 e. The summed E-state index contributed by atoms with van der Waals surface area (Å²) < 4.78 is 10.5. The second-order valence-corrected chi connectivity index (χ2v) is 4.66. The number of nitrogens with zero attached hydrogens (tertiary/aromatic N) is 2. The number of furan rings is 1. The van der Waals surface area contributed by atoms with E-state index in [2.05, 4.69) is 29.4 Å². The molecule has 0 spiro atoms. The summed E-state index contributed by atoms with van der Waals surface area (Å²) in [5.74, 6) is 1.02. The molecule has 0 radical (unpaired) electrons. The van der Waals surface area contributed by atoms with E-state index in [1.54, 1.807) is 6.07 Å². The predicted molar refractivity (Wildman–Crippen MR) is 68.5 cm³/mol. The molecule has 0 aromatic carbocycles. The van der Waals surface area contributed by atoms with Crippen molar-refractivity contribution >= 4 is 11.6 Å². The van der Waals surface area contributed by atoms with Crippen molar-refractivity contribution in [1.82, 2.24) is 15.5 Å². The van der Waals surface area contributed by atoms with E-state index in [0.29, 0.717) is 23.4 Å². The van der Waals surface area contributed by atoms with Crippen molar-refractivity contribution in [3.8, 4) is 11.5 Å². The first kappa shape index (κ1) is 13.1. The molecule has 0 aliphatic heterocycles. The van der Waals surface area contributed by atoms with Gasteiger partial charge in [0.05, 0.1) is 11.8 Å². The first-order valence-electron chi connectivity index (χ1n) is 5.96. The summed E-state index contributed by atoms with van der Waals surface area (Å²) >= 11 is 5.84. The fourth-order valence-electron chi connectivity index (χ4n) is 1.54. The van der Waals surface area contributed by atoms with Crippen LogP contribution in [0.3, 0.4) is 0 Å². The lowest BCUT2D eigenvalue weighted by atomic mass is 10.3. The molecular weight excluding hydrogens is 254 g/mol. The lowest BCUT2D eigenvalue weighted by Crippen LogP contribution is -2.23. The fourth-order valence-corrected chi connectivity index (χ4v) is 1.74. The van der Waals surface area contributed by atoms with Crippen LogP contribution < -0.4 is 5.32 Å². The second kappa shape index (κ2) is 6.02. The highest BCUT2D eigenvalue weighted by Crippen LogP contribution is 2.27. The van der Waals surface area contributed by atoms with E-state index in [9.17, 15) is 0 Å². The van der Waals surface area contributed by atoms with E-state index in [1.807, 2.05) is 0 Å². The average molecular weight is 270 g/mol. The number of hydrogen-bond donors (Lipinski definition) is 1. The standard InChI is InChI=1S/C12H16ClN3O2/c1-8(2)14-6-3-4-10-15-16-12(18-10)9-5-7-17-11(9)13/h5,7-8,14H,3-4,6H2,1-2H3. The molecule has 0 fully saturated rings. The van der Waals surface area contributed by atoms with Gasteiger partial charge in [0.25, 0.3) is 5.89 Å². The van der Waals surface area contributed by atoms with Gasteiger partial charge in [-0.25, -0.2) is 0 Å². The van der Waals surface area contributed by atoms with E-state index in [1.165, 1.54) is 6.26 Å². The molecular formula is C12H16ClN3O2. The van der Waals surface area contributed by atoms with Gasteiger partial charge in [-0.05, 0) is 30.6 Å². The molecule has 0 bridgehead atoms. The summed E-state index contributed by atoms with van der Waals surface area (Å²) in [5, 5.41) is 11.5. The number of rotatable bonds is 6. The van der Waals surface area contributed by atoms with Crippen LogP contribution in [0.1, 0.15) is 26.2 Å². The maximum atomic E-state index is 5.84. The predicted octanol–water partition coefficient (Wildman–Crippen LogP) is 2.91. The van der Waals surface area contributed by atoms with Crippen LogP contribution in [0.25, 0.3) is 11.5 Å². The molecule has 0 aliphatic rings. The van der Waals surface area contributed by atoms with Gasteiger partial charge in [-0.2, -0.15) is 0 Å². The van der Waals surface area contributed by atoms with Gasteiger partial charge in [-0.1, -0.05) is 13.8 Å². The van der Waals surface area contributed by atoms with E-state index < -0.39 is 0 Å². The van der Waals surface area contributed by atoms with Crippen LogP contribution in [-0.4, -0.2) is 22.8 Å². The largest absolute Gasteiger partial charge is 0.452 e. The van der Waals surface area contributed by atoms with Crippen molar-refractivity contribution < 1.29 is 8.83 Å². The minimum Gasteiger partial charge on any atom is -0.452 e. The molecule has 0 atom stereocenters. The lowest BCUT2D eigenvalue weighted by molar-refractivity contribution is 0.483.